The topological polar surface area (TPSA) is 92.9 Å². The zero-order valence-corrected chi connectivity index (χ0v) is 18.1. The number of hydrogen-bond donors (Lipinski definition) is 2. The first-order valence-corrected chi connectivity index (χ1v) is 10.4. The number of carboxylic acid groups (broad SMARTS) is 1. The molecule has 1 atom stereocenters. The molecule has 2 heterocycles. The van der Waals surface area contributed by atoms with E-state index in [1.807, 2.05) is 32.0 Å². The summed E-state index contributed by atoms with van der Waals surface area (Å²) >= 11 is 0. The Labute approximate surface area is 185 Å². The molecule has 4 rings (SSSR count). The fourth-order valence-electron chi connectivity index (χ4n) is 3.60. The van der Waals surface area contributed by atoms with Crippen LogP contribution in [0.3, 0.4) is 0 Å². The fraction of sp³-hybridized carbons (Fsp3) is 0.250. The number of rotatable bonds is 6. The van der Waals surface area contributed by atoms with Gasteiger partial charge in [-0.2, -0.15) is 9.78 Å². The maximum atomic E-state index is 14.1. The van der Waals surface area contributed by atoms with Crippen LogP contribution in [0.1, 0.15) is 30.3 Å². The summed E-state index contributed by atoms with van der Waals surface area (Å²) in [6.45, 7) is 5.75. The molecule has 7 nitrogen and oxygen atoms in total. The standard InChI is InChI=1S/C24H24FN5O2/c1-4-16-6-5-7-17(10-16)20-12-22(28-21-11-18(25)8-9-19(21)24(31)32)30(29-20)23-15(3)26-13-14(2)27-23/h5-10,12-13,18,28H,4,11H2,1-3H3,(H,31,32). The van der Waals surface area contributed by atoms with Gasteiger partial charge in [0.25, 0.3) is 0 Å². The quantitative estimate of drug-likeness (QED) is 0.592. The Kier molecular flexibility index (Phi) is 5.85. The Balaban J connectivity index is 1.86. The monoisotopic (exact) mass is 433 g/mol. The maximum absolute atomic E-state index is 14.1. The molecule has 8 heteroatoms. The molecule has 0 fully saturated rings. The van der Waals surface area contributed by atoms with Crippen molar-refractivity contribution in [2.45, 2.75) is 39.8 Å². The van der Waals surface area contributed by atoms with Crippen molar-refractivity contribution in [2.75, 3.05) is 5.32 Å². The Morgan fingerprint density at radius 2 is 2.12 bits per heavy atom. The smallest absolute Gasteiger partial charge is 0.337 e. The molecule has 2 N–H and O–H groups in total. The molecule has 1 unspecified atom stereocenters. The molecule has 0 saturated carbocycles. The number of aryl methyl sites for hydroxylation is 3. The molecule has 1 aliphatic rings. The molecule has 0 bridgehead atoms. The molecule has 0 saturated heterocycles. The predicted octanol–water partition coefficient (Wildman–Crippen LogP) is 4.56. The number of alkyl halides is 1. The Bertz CT molecular complexity index is 1240. The van der Waals surface area contributed by atoms with Gasteiger partial charge in [-0.05, 0) is 44.1 Å². The Hall–Kier alpha value is -3.81. The summed E-state index contributed by atoms with van der Waals surface area (Å²) < 4.78 is 15.7. The van der Waals surface area contributed by atoms with Crippen LogP contribution in [0.5, 0.6) is 0 Å². The lowest BCUT2D eigenvalue weighted by molar-refractivity contribution is -0.132. The summed E-state index contributed by atoms with van der Waals surface area (Å²) in [4.78, 5) is 20.7. The average molecular weight is 433 g/mol. The molecule has 0 aliphatic heterocycles. The number of halogens is 1. The number of benzene rings is 1. The average Bonchev–Trinajstić information content (AvgIpc) is 3.19. The van der Waals surface area contributed by atoms with Crippen LogP contribution in [-0.4, -0.2) is 37.0 Å². The summed E-state index contributed by atoms with van der Waals surface area (Å²) in [6.07, 6.45) is 3.78. The first-order valence-electron chi connectivity index (χ1n) is 10.4. The van der Waals surface area contributed by atoms with Crippen molar-refractivity contribution in [2.24, 2.45) is 0 Å². The largest absolute Gasteiger partial charge is 0.478 e. The number of anilines is 1. The van der Waals surface area contributed by atoms with Gasteiger partial charge in [-0.1, -0.05) is 25.1 Å². The SMILES string of the molecule is CCc1cccc(-c2cc(NC3=C(C(=O)O)C=CC(F)C3)n(-c3nc(C)cnc3C)n2)c1. The highest BCUT2D eigenvalue weighted by atomic mass is 19.1. The first-order chi connectivity index (χ1) is 15.4. The highest BCUT2D eigenvalue weighted by molar-refractivity contribution is 5.92. The second-order valence-corrected chi connectivity index (χ2v) is 7.70. The zero-order valence-electron chi connectivity index (χ0n) is 18.1. The number of allylic oxidation sites excluding steroid dienone is 2. The third-order valence-corrected chi connectivity index (χ3v) is 5.30. The molecule has 0 spiro atoms. The highest BCUT2D eigenvalue weighted by Gasteiger charge is 2.23. The van der Waals surface area contributed by atoms with Crippen LogP contribution >= 0.6 is 0 Å². The van der Waals surface area contributed by atoms with Crippen LogP contribution in [-0.2, 0) is 11.2 Å². The number of hydrogen-bond acceptors (Lipinski definition) is 5. The van der Waals surface area contributed by atoms with Crippen LogP contribution in [0.15, 0.2) is 60.0 Å². The van der Waals surface area contributed by atoms with Gasteiger partial charge in [0.15, 0.2) is 5.82 Å². The summed E-state index contributed by atoms with van der Waals surface area (Å²) in [5.41, 5.74) is 4.46. The van der Waals surface area contributed by atoms with Crippen molar-refractivity contribution in [3.8, 4) is 17.1 Å². The van der Waals surface area contributed by atoms with Crippen molar-refractivity contribution in [1.29, 1.82) is 0 Å². The van der Waals surface area contributed by atoms with E-state index in [0.717, 1.165) is 17.7 Å². The van der Waals surface area contributed by atoms with E-state index in [4.69, 9.17) is 5.10 Å². The molecule has 2 aromatic heterocycles. The Morgan fingerprint density at radius 3 is 2.88 bits per heavy atom. The van der Waals surface area contributed by atoms with E-state index in [2.05, 4.69) is 34.3 Å². The molecular formula is C24H24FN5O2. The van der Waals surface area contributed by atoms with Gasteiger partial charge in [0, 0.05) is 29.9 Å². The van der Waals surface area contributed by atoms with E-state index in [1.54, 1.807) is 10.9 Å². The zero-order chi connectivity index (χ0) is 22.8. The van der Waals surface area contributed by atoms with Gasteiger partial charge >= 0.3 is 5.97 Å². The van der Waals surface area contributed by atoms with Crippen LogP contribution in [0, 0.1) is 13.8 Å². The third-order valence-electron chi connectivity index (χ3n) is 5.30. The number of carbonyl (C=O) groups is 1. The Morgan fingerprint density at radius 1 is 1.31 bits per heavy atom. The second kappa shape index (κ2) is 8.74. The van der Waals surface area contributed by atoms with Crippen molar-refractivity contribution in [3.05, 3.63) is 76.9 Å². The molecule has 32 heavy (non-hydrogen) atoms. The van der Waals surface area contributed by atoms with Gasteiger partial charge in [0.2, 0.25) is 0 Å². The van der Waals surface area contributed by atoms with Gasteiger partial charge < -0.3 is 10.4 Å². The number of carboxylic acids is 1. The summed E-state index contributed by atoms with van der Waals surface area (Å²) in [5.74, 6) is -0.115. The van der Waals surface area contributed by atoms with E-state index in [9.17, 15) is 14.3 Å². The number of aromatic nitrogens is 4. The van der Waals surface area contributed by atoms with Crippen LogP contribution < -0.4 is 5.32 Å². The summed E-state index contributed by atoms with van der Waals surface area (Å²) in [6, 6.07) is 9.87. The van der Waals surface area contributed by atoms with E-state index >= 15 is 0 Å². The van der Waals surface area contributed by atoms with Crippen LogP contribution in [0.25, 0.3) is 17.1 Å². The summed E-state index contributed by atoms with van der Waals surface area (Å²) in [5, 5.41) is 17.4. The molecule has 0 radical (unpaired) electrons. The minimum atomic E-state index is -1.27. The number of nitrogens with one attached hydrogen (secondary N) is 1. The molecule has 0 amide bonds. The van der Waals surface area contributed by atoms with Crippen molar-refractivity contribution in [3.63, 3.8) is 0 Å². The first kappa shape index (κ1) is 21.4. The van der Waals surface area contributed by atoms with Crippen molar-refractivity contribution < 1.29 is 14.3 Å². The van der Waals surface area contributed by atoms with Gasteiger partial charge in [-0.15, -0.1) is 0 Å². The highest BCUT2D eigenvalue weighted by Crippen LogP contribution is 2.29. The van der Waals surface area contributed by atoms with Crippen molar-refractivity contribution in [1.82, 2.24) is 19.7 Å². The van der Waals surface area contributed by atoms with Gasteiger partial charge in [-0.3, -0.25) is 4.98 Å². The molecule has 1 aromatic carbocycles. The normalized spacial score (nSPS) is 15.8. The third kappa shape index (κ3) is 4.30. The van der Waals surface area contributed by atoms with Crippen molar-refractivity contribution >= 4 is 11.8 Å². The fourth-order valence-corrected chi connectivity index (χ4v) is 3.60. The van der Waals surface area contributed by atoms with Crippen LogP contribution in [0.2, 0.25) is 0 Å². The lowest BCUT2D eigenvalue weighted by Crippen LogP contribution is -2.18. The molecule has 3 aromatic rings. The van der Waals surface area contributed by atoms with E-state index in [1.165, 1.54) is 17.7 Å². The minimum absolute atomic E-state index is 0.0215. The lowest BCUT2D eigenvalue weighted by atomic mass is 10.0. The number of aliphatic carboxylic acids is 1. The molecule has 1 aliphatic carbocycles. The molecule has 164 valence electrons. The van der Waals surface area contributed by atoms with E-state index in [0.29, 0.717) is 23.0 Å². The predicted molar refractivity (Wildman–Crippen MR) is 120 cm³/mol. The van der Waals surface area contributed by atoms with E-state index < -0.39 is 12.1 Å². The lowest BCUT2D eigenvalue weighted by Gasteiger charge is -2.18. The van der Waals surface area contributed by atoms with E-state index in [-0.39, 0.29) is 17.7 Å². The van der Waals surface area contributed by atoms with Gasteiger partial charge in [0.1, 0.15) is 12.0 Å². The number of nitrogens with zero attached hydrogens (tertiary/aromatic N) is 4. The summed E-state index contributed by atoms with van der Waals surface area (Å²) in [7, 11) is 0. The minimum Gasteiger partial charge on any atom is -0.478 e. The van der Waals surface area contributed by atoms with Gasteiger partial charge in [-0.25, -0.2) is 14.2 Å². The second-order valence-electron chi connectivity index (χ2n) is 7.70. The molecular weight excluding hydrogens is 409 g/mol. The maximum Gasteiger partial charge on any atom is 0.337 e. The van der Waals surface area contributed by atoms with Gasteiger partial charge in [0.05, 0.1) is 22.7 Å². The van der Waals surface area contributed by atoms with Crippen LogP contribution in [0.4, 0.5) is 10.2 Å².